The van der Waals surface area contributed by atoms with Gasteiger partial charge in [-0.1, -0.05) is 24.3 Å². The predicted molar refractivity (Wildman–Crippen MR) is 97.4 cm³/mol. The Morgan fingerprint density at radius 1 is 1.20 bits per heavy atom. The zero-order valence-electron chi connectivity index (χ0n) is 13.9. The van der Waals surface area contributed by atoms with Gasteiger partial charge in [-0.3, -0.25) is 9.59 Å². The number of thioether (sulfide) groups is 1. The van der Waals surface area contributed by atoms with E-state index in [1.807, 2.05) is 24.3 Å². The van der Waals surface area contributed by atoms with Gasteiger partial charge in [-0.25, -0.2) is 0 Å². The quantitative estimate of drug-likeness (QED) is 0.772. The normalized spacial score (nSPS) is 16.4. The van der Waals surface area contributed by atoms with Crippen LogP contribution in [0.2, 0.25) is 0 Å². The molecule has 130 valence electrons. The van der Waals surface area contributed by atoms with Gasteiger partial charge in [-0.05, 0) is 36.2 Å². The van der Waals surface area contributed by atoms with Gasteiger partial charge in [0.25, 0.3) is 0 Å². The number of carbonyl (C=O) groups excluding carboxylic acids is 2. The molecule has 0 saturated carbocycles. The van der Waals surface area contributed by atoms with E-state index in [0.29, 0.717) is 29.4 Å². The molecule has 1 aliphatic rings. The van der Waals surface area contributed by atoms with Gasteiger partial charge in [0.15, 0.2) is 12.4 Å². The van der Waals surface area contributed by atoms with E-state index in [0.717, 1.165) is 5.56 Å². The molecule has 1 N–H and O–H groups in total. The summed E-state index contributed by atoms with van der Waals surface area (Å²) < 4.78 is 10.7. The molecule has 0 aromatic heterocycles. The summed E-state index contributed by atoms with van der Waals surface area (Å²) in [5.74, 6) is 1.93. The summed E-state index contributed by atoms with van der Waals surface area (Å²) in [6, 6.07) is 14.5. The average molecular weight is 357 g/mol. The van der Waals surface area contributed by atoms with Gasteiger partial charge < -0.3 is 14.8 Å². The monoisotopic (exact) mass is 357 g/mol. The fraction of sp³-hybridized carbons (Fsp3) is 0.263. The van der Waals surface area contributed by atoms with Crippen molar-refractivity contribution in [2.45, 2.75) is 11.7 Å². The van der Waals surface area contributed by atoms with Crippen LogP contribution in [0.5, 0.6) is 11.5 Å². The van der Waals surface area contributed by atoms with Crippen LogP contribution in [0.15, 0.2) is 48.5 Å². The first-order valence-corrected chi connectivity index (χ1v) is 8.99. The second-order valence-corrected chi connectivity index (χ2v) is 6.82. The van der Waals surface area contributed by atoms with Crippen LogP contribution in [0.25, 0.3) is 0 Å². The van der Waals surface area contributed by atoms with Crippen LogP contribution in [-0.4, -0.2) is 36.5 Å². The van der Waals surface area contributed by atoms with Gasteiger partial charge in [0.1, 0.15) is 11.5 Å². The van der Waals surface area contributed by atoms with E-state index in [2.05, 4.69) is 5.32 Å². The van der Waals surface area contributed by atoms with Gasteiger partial charge in [0.05, 0.1) is 18.2 Å². The lowest BCUT2D eigenvalue weighted by Crippen LogP contribution is -2.23. The van der Waals surface area contributed by atoms with Crippen LogP contribution in [0.4, 0.5) is 0 Å². The number of carbonyl (C=O) groups is 2. The largest absolute Gasteiger partial charge is 0.497 e. The van der Waals surface area contributed by atoms with Crippen LogP contribution in [0.1, 0.15) is 15.9 Å². The van der Waals surface area contributed by atoms with Crippen molar-refractivity contribution >= 4 is 23.5 Å². The van der Waals surface area contributed by atoms with Crippen molar-refractivity contribution in [2.24, 2.45) is 0 Å². The zero-order valence-corrected chi connectivity index (χ0v) is 14.7. The van der Waals surface area contributed by atoms with E-state index < -0.39 is 0 Å². The number of rotatable bonds is 7. The smallest absolute Gasteiger partial charge is 0.234 e. The summed E-state index contributed by atoms with van der Waals surface area (Å²) in [5.41, 5.74) is 1.63. The first-order valence-electron chi connectivity index (χ1n) is 7.94. The van der Waals surface area contributed by atoms with Crippen LogP contribution in [-0.2, 0) is 11.2 Å². The van der Waals surface area contributed by atoms with E-state index in [4.69, 9.17) is 9.47 Å². The molecule has 1 amide bonds. The van der Waals surface area contributed by atoms with E-state index in [-0.39, 0.29) is 23.5 Å². The van der Waals surface area contributed by atoms with E-state index in [9.17, 15) is 9.59 Å². The Hall–Kier alpha value is -2.47. The standard InChI is InChI=1S/C19H19NO4S/c1-23-16-4-2-3-14(10-16)17(21)11-24-15-7-5-13(6-8-15)9-18-19(22)20-12-25-18/h2-8,10,18H,9,11-12H2,1H3,(H,20,22). The topological polar surface area (TPSA) is 64.6 Å². The molecule has 25 heavy (non-hydrogen) atoms. The number of nitrogens with one attached hydrogen (secondary N) is 1. The Labute approximate surface area is 150 Å². The van der Waals surface area contributed by atoms with Gasteiger partial charge in [0.2, 0.25) is 5.91 Å². The van der Waals surface area contributed by atoms with Gasteiger partial charge in [-0.15, -0.1) is 11.8 Å². The van der Waals surface area contributed by atoms with Crippen molar-refractivity contribution in [3.05, 3.63) is 59.7 Å². The number of hydrogen-bond acceptors (Lipinski definition) is 5. The Morgan fingerprint density at radius 2 is 2.00 bits per heavy atom. The number of Topliss-reactive ketones (excluding diaryl/α,β-unsaturated/α-hetero) is 1. The van der Waals surface area contributed by atoms with Crippen LogP contribution < -0.4 is 14.8 Å². The van der Waals surface area contributed by atoms with E-state index >= 15 is 0 Å². The molecular weight excluding hydrogens is 338 g/mol. The molecule has 1 heterocycles. The predicted octanol–water partition coefficient (Wildman–Crippen LogP) is 2.69. The number of hydrogen-bond donors (Lipinski definition) is 1. The molecule has 1 fully saturated rings. The molecular formula is C19H19NO4S. The molecule has 5 nitrogen and oxygen atoms in total. The summed E-state index contributed by atoms with van der Waals surface area (Å²) in [6.45, 7) is -0.0343. The molecule has 0 spiro atoms. The number of methoxy groups -OCH3 is 1. The van der Waals surface area contributed by atoms with E-state index in [1.54, 1.807) is 43.1 Å². The third-order valence-corrected chi connectivity index (χ3v) is 5.02. The molecule has 3 rings (SSSR count). The van der Waals surface area contributed by atoms with Crippen LogP contribution in [0.3, 0.4) is 0 Å². The fourth-order valence-electron chi connectivity index (χ4n) is 2.52. The summed E-state index contributed by atoms with van der Waals surface area (Å²) in [5, 5.41) is 2.78. The molecule has 1 unspecified atom stereocenters. The molecule has 0 bridgehead atoms. The highest BCUT2D eigenvalue weighted by molar-refractivity contribution is 8.01. The second kappa shape index (κ2) is 8.07. The van der Waals surface area contributed by atoms with Gasteiger partial charge in [0, 0.05) is 5.56 Å². The molecule has 2 aromatic carbocycles. The van der Waals surface area contributed by atoms with Crippen LogP contribution >= 0.6 is 11.8 Å². The zero-order chi connectivity index (χ0) is 17.6. The van der Waals surface area contributed by atoms with Crippen molar-refractivity contribution < 1.29 is 19.1 Å². The summed E-state index contributed by atoms with van der Waals surface area (Å²) in [7, 11) is 1.56. The highest BCUT2D eigenvalue weighted by Crippen LogP contribution is 2.22. The SMILES string of the molecule is COc1cccc(C(=O)COc2ccc(CC3SCNC3=O)cc2)c1. The maximum absolute atomic E-state index is 12.2. The van der Waals surface area contributed by atoms with Crippen molar-refractivity contribution in [2.75, 3.05) is 19.6 Å². The van der Waals surface area contributed by atoms with Crippen molar-refractivity contribution in [3.8, 4) is 11.5 Å². The maximum atomic E-state index is 12.2. The minimum atomic E-state index is -0.109. The Bertz CT molecular complexity index is 760. The lowest BCUT2D eigenvalue weighted by molar-refractivity contribution is -0.119. The Morgan fingerprint density at radius 3 is 2.68 bits per heavy atom. The van der Waals surface area contributed by atoms with Crippen LogP contribution in [0, 0.1) is 0 Å². The first kappa shape index (κ1) is 17.4. The number of ether oxygens (including phenoxy) is 2. The lowest BCUT2D eigenvalue weighted by atomic mass is 10.1. The molecule has 0 aliphatic carbocycles. The molecule has 1 atom stereocenters. The van der Waals surface area contributed by atoms with Gasteiger partial charge >= 0.3 is 0 Å². The van der Waals surface area contributed by atoms with Crippen molar-refractivity contribution in [1.82, 2.24) is 5.32 Å². The number of ketones is 1. The molecule has 0 radical (unpaired) electrons. The molecule has 1 aliphatic heterocycles. The number of benzene rings is 2. The third-order valence-electron chi connectivity index (χ3n) is 3.93. The third kappa shape index (κ3) is 4.54. The number of amides is 1. The summed E-state index contributed by atoms with van der Waals surface area (Å²) >= 11 is 1.62. The highest BCUT2D eigenvalue weighted by atomic mass is 32.2. The van der Waals surface area contributed by atoms with Crippen molar-refractivity contribution in [1.29, 1.82) is 0 Å². The van der Waals surface area contributed by atoms with E-state index in [1.165, 1.54) is 0 Å². The molecule has 2 aromatic rings. The average Bonchev–Trinajstić information content (AvgIpc) is 3.05. The maximum Gasteiger partial charge on any atom is 0.234 e. The minimum Gasteiger partial charge on any atom is -0.497 e. The summed E-state index contributed by atoms with van der Waals surface area (Å²) in [6.07, 6.45) is 0.694. The fourth-order valence-corrected chi connectivity index (χ4v) is 3.49. The Balaban J connectivity index is 1.54. The second-order valence-electron chi connectivity index (χ2n) is 5.63. The molecule has 6 heteroatoms. The summed E-state index contributed by atoms with van der Waals surface area (Å²) in [4.78, 5) is 23.8. The highest BCUT2D eigenvalue weighted by Gasteiger charge is 2.24. The Kier molecular flexibility index (Phi) is 5.60. The molecule has 1 saturated heterocycles. The van der Waals surface area contributed by atoms with Gasteiger partial charge in [-0.2, -0.15) is 0 Å². The first-order chi connectivity index (χ1) is 12.2. The minimum absolute atomic E-state index is 0.0265. The lowest BCUT2D eigenvalue weighted by Gasteiger charge is -2.09. The van der Waals surface area contributed by atoms with Crippen molar-refractivity contribution in [3.63, 3.8) is 0 Å².